The maximum absolute atomic E-state index is 12.6. The molecule has 6 nitrogen and oxygen atoms in total. The van der Waals surface area contributed by atoms with E-state index < -0.39 is 0 Å². The Bertz CT molecular complexity index is 1270. The zero-order valence-corrected chi connectivity index (χ0v) is 23.6. The average molecular weight is 543 g/mol. The molecule has 2 aromatic rings. The zero-order valence-electron chi connectivity index (χ0n) is 22.9. The van der Waals surface area contributed by atoms with Gasteiger partial charge in [-0.3, -0.25) is 4.79 Å². The largest absolute Gasteiger partial charge is 0.393 e. The van der Waals surface area contributed by atoms with Crippen LogP contribution >= 0.6 is 11.6 Å². The maximum Gasteiger partial charge on any atom is 0.258 e. The Morgan fingerprint density at radius 2 is 1.89 bits per heavy atom. The fourth-order valence-corrected chi connectivity index (χ4v) is 10.1. The molecule has 4 saturated carbocycles. The van der Waals surface area contributed by atoms with E-state index >= 15 is 0 Å². The standard InChI is InChI=1S/C31H43ClN2O4/c1-16(4-9-27-33-24-14-18(32)5-6-20(24)29(38)34-27)21-7-8-22-28-23(15-26(37)31(21,22)3)30(2)11-10-19(35)12-17(30)13-25(28)36/h5-6,14,16-17,19,21-23,25-26,28,35-37H,4,7-13,15H2,1-3H3,(H,33,34,38)/t16-,17+,19-,21-,22+,23?,25-,26+,28+,30+,31-/m1/s1. The van der Waals surface area contributed by atoms with Gasteiger partial charge in [0, 0.05) is 11.4 Å². The molecule has 4 fully saturated rings. The number of fused-ring (bicyclic) bond motifs is 6. The number of halogens is 1. The van der Waals surface area contributed by atoms with Gasteiger partial charge >= 0.3 is 0 Å². The SMILES string of the molecule is C[C@H](CCc1nc2cc(Cl)ccc2c(=O)[nH]1)[C@H]1CC[C@H]2[C@H]3C(C[C@H](O)[C@]12C)[C@@]1(C)CC[C@@H](O)C[C@H]1C[C@H]3O. The van der Waals surface area contributed by atoms with Gasteiger partial charge < -0.3 is 20.3 Å². The summed E-state index contributed by atoms with van der Waals surface area (Å²) in [6, 6.07) is 5.16. The van der Waals surface area contributed by atoms with Crippen LogP contribution in [-0.2, 0) is 6.42 Å². The first kappa shape index (κ1) is 26.7. The van der Waals surface area contributed by atoms with Crippen LogP contribution in [0.3, 0.4) is 0 Å². The predicted molar refractivity (Wildman–Crippen MR) is 149 cm³/mol. The smallest absolute Gasteiger partial charge is 0.258 e. The van der Waals surface area contributed by atoms with E-state index in [0.29, 0.717) is 57.8 Å². The minimum Gasteiger partial charge on any atom is -0.393 e. The number of hydrogen-bond donors (Lipinski definition) is 4. The summed E-state index contributed by atoms with van der Waals surface area (Å²) >= 11 is 6.14. The molecular formula is C31H43ClN2O4. The molecule has 0 amide bonds. The third-order valence-corrected chi connectivity index (χ3v) is 12.3. The van der Waals surface area contributed by atoms with Crippen molar-refractivity contribution < 1.29 is 15.3 Å². The van der Waals surface area contributed by atoms with Crippen molar-refractivity contribution in [3.05, 3.63) is 39.4 Å². The van der Waals surface area contributed by atoms with E-state index in [1.165, 1.54) is 0 Å². The fraction of sp³-hybridized carbons (Fsp3) is 0.742. The molecule has 0 saturated heterocycles. The summed E-state index contributed by atoms with van der Waals surface area (Å²) in [6.07, 6.45) is 6.80. The van der Waals surface area contributed by atoms with Crippen LogP contribution in [0.4, 0.5) is 0 Å². The summed E-state index contributed by atoms with van der Waals surface area (Å²) in [6.45, 7) is 6.95. The molecule has 11 atom stereocenters. The van der Waals surface area contributed by atoms with Crippen LogP contribution in [0.15, 0.2) is 23.0 Å². The fourth-order valence-electron chi connectivity index (χ4n) is 9.98. The molecule has 0 radical (unpaired) electrons. The highest BCUT2D eigenvalue weighted by atomic mass is 35.5. The minimum atomic E-state index is -0.390. The summed E-state index contributed by atoms with van der Waals surface area (Å²) in [5, 5.41) is 34.7. The highest BCUT2D eigenvalue weighted by Gasteiger charge is 2.65. The lowest BCUT2D eigenvalue weighted by molar-refractivity contribution is -0.207. The van der Waals surface area contributed by atoms with Gasteiger partial charge in [-0.15, -0.1) is 0 Å². The lowest BCUT2D eigenvalue weighted by Crippen LogP contribution is -2.62. The van der Waals surface area contributed by atoms with Gasteiger partial charge in [0.2, 0.25) is 0 Å². The maximum atomic E-state index is 12.6. The van der Waals surface area contributed by atoms with Gasteiger partial charge in [0.25, 0.3) is 5.56 Å². The summed E-state index contributed by atoms with van der Waals surface area (Å²) in [7, 11) is 0. The van der Waals surface area contributed by atoms with Crippen molar-refractivity contribution in [2.45, 2.75) is 96.9 Å². The van der Waals surface area contributed by atoms with E-state index in [-0.39, 0.29) is 40.6 Å². The van der Waals surface area contributed by atoms with Crippen molar-refractivity contribution >= 4 is 22.5 Å². The van der Waals surface area contributed by atoms with Crippen LogP contribution in [-0.4, -0.2) is 43.6 Å². The predicted octanol–water partition coefficient (Wildman–Crippen LogP) is 5.11. The highest BCUT2D eigenvalue weighted by Crippen LogP contribution is 2.68. The van der Waals surface area contributed by atoms with E-state index in [0.717, 1.165) is 51.4 Å². The Morgan fingerprint density at radius 1 is 1.11 bits per heavy atom. The molecule has 38 heavy (non-hydrogen) atoms. The van der Waals surface area contributed by atoms with E-state index in [1.54, 1.807) is 18.2 Å². The summed E-state index contributed by atoms with van der Waals surface area (Å²) in [5.41, 5.74) is 0.352. The number of benzene rings is 1. The second-order valence-corrected chi connectivity index (χ2v) is 14.2. The lowest BCUT2D eigenvalue weighted by Gasteiger charge is -2.63. The number of nitrogens with zero attached hydrogens (tertiary/aromatic N) is 1. The number of aromatic amines is 1. The lowest BCUT2D eigenvalue weighted by atomic mass is 9.43. The van der Waals surface area contributed by atoms with Gasteiger partial charge in [-0.05, 0) is 116 Å². The van der Waals surface area contributed by atoms with Crippen molar-refractivity contribution in [2.24, 2.45) is 46.3 Å². The monoisotopic (exact) mass is 542 g/mol. The van der Waals surface area contributed by atoms with E-state index in [2.05, 4.69) is 30.7 Å². The van der Waals surface area contributed by atoms with E-state index in [1.807, 2.05) is 0 Å². The first-order valence-electron chi connectivity index (χ1n) is 14.7. The normalized spacial score (nSPS) is 43.3. The molecule has 1 aromatic carbocycles. The van der Waals surface area contributed by atoms with Crippen molar-refractivity contribution in [3.8, 4) is 0 Å². The van der Waals surface area contributed by atoms with Crippen LogP contribution in [0.2, 0.25) is 5.02 Å². The van der Waals surface area contributed by atoms with Gasteiger partial charge in [-0.25, -0.2) is 4.98 Å². The number of rotatable bonds is 4. The first-order valence-corrected chi connectivity index (χ1v) is 15.1. The Kier molecular flexibility index (Phi) is 6.73. The van der Waals surface area contributed by atoms with Crippen LogP contribution in [0.1, 0.15) is 78.0 Å². The molecule has 4 N–H and O–H groups in total. The number of hydrogen-bond acceptors (Lipinski definition) is 5. The van der Waals surface area contributed by atoms with Crippen molar-refractivity contribution in [3.63, 3.8) is 0 Å². The molecule has 1 aromatic heterocycles. The second kappa shape index (κ2) is 9.57. The average Bonchev–Trinajstić information content (AvgIpc) is 3.22. The molecule has 0 bridgehead atoms. The topological polar surface area (TPSA) is 106 Å². The van der Waals surface area contributed by atoms with Gasteiger partial charge in [-0.1, -0.05) is 32.4 Å². The second-order valence-electron chi connectivity index (χ2n) is 13.7. The number of aliphatic hydroxyl groups excluding tert-OH is 3. The molecule has 208 valence electrons. The van der Waals surface area contributed by atoms with Gasteiger partial charge in [0.1, 0.15) is 5.82 Å². The van der Waals surface area contributed by atoms with Crippen LogP contribution in [0.5, 0.6) is 0 Å². The van der Waals surface area contributed by atoms with E-state index in [9.17, 15) is 20.1 Å². The molecule has 0 aliphatic heterocycles. The number of aliphatic hydroxyl groups is 3. The van der Waals surface area contributed by atoms with Crippen LogP contribution < -0.4 is 5.56 Å². The quantitative estimate of drug-likeness (QED) is 0.430. The molecule has 4 aliphatic rings. The molecule has 0 spiro atoms. The van der Waals surface area contributed by atoms with Crippen molar-refractivity contribution in [2.75, 3.05) is 0 Å². The number of nitrogens with one attached hydrogen (secondary N) is 1. The van der Waals surface area contributed by atoms with Gasteiger partial charge in [-0.2, -0.15) is 0 Å². The molecule has 7 heteroatoms. The molecular weight excluding hydrogens is 500 g/mol. The Labute approximate surface area is 230 Å². The van der Waals surface area contributed by atoms with Crippen molar-refractivity contribution in [1.29, 1.82) is 0 Å². The third kappa shape index (κ3) is 4.08. The summed E-state index contributed by atoms with van der Waals surface area (Å²) in [4.78, 5) is 20.2. The van der Waals surface area contributed by atoms with E-state index in [4.69, 9.17) is 11.6 Å². The molecule has 4 aliphatic carbocycles. The van der Waals surface area contributed by atoms with Gasteiger partial charge in [0.05, 0.1) is 29.2 Å². The van der Waals surface area contributed by atoms with Gasteiger partial charge in [0.15, 0.2) is 0 Å². The highest BCUT2D eigenvalue weighted by molar-refractivity contribution is 6.31. The molecule has 1 heterocycles. The zero-order chi connectivity index (χ0) is 27.0. The summed E-state index contributed by atoms with van der Waals surface area (Å²) in [5.74, 6) is 2.57. The Hall–Kier alpha value is -1.47. The molecule has 1 unspecified atom stereocenters. The van der Waals surface area contributed by atoms with Crippen molar-refractivity contribution in [1.82, 2.24) is 9.97 Å². The van der Waals surface area contributed by atoms with Crippen LogP contribution in [0.25, 0.3) is 10.9 Å². The minimum absolute atomic E-state index is 0.0889. The first-order chi connectivity index (χ1) is 18.0. The Morgan fingerprint density at radius 3 is 2.68 bits per heavy atom. The molecule has 6 rings (SSSR count). The Balaban J connectivity index is 1.21. The summed E-state index contributed by atoms with van der Waals surface area (Å²) < 4.78 is 0. The number of aromatic nitrogens is 2. The number of aryl methyl sites for hydroxylation is 1. The van der Waals surface area contributed by atoms with Crippen LogP contribution in [0, 0.1) is 46.3 Å². The number of H-pyrrole nitrogens is 1. The third-order valence-electron chi connectivity index (χ3n) is 12.1.